The van der Waals surface area contributed by atoms with Crippen molar-refractivity contribution in [2.24, 2.45) is 0 Å². The lowest BCUT2D eigenvalue weighted by Gasteiger charge is -2.09. The molecular weight excluding hydrogens is 207 g/mol. The Morgan fingerprint density at radius 2 is 1.71 bits per heavy atom. The molecule has 0 N–H and O–H groups in total. The van der Waals surface area contributed by atoms with Crippen molar-refractivity contribution < 1.29 is 26.7 Å². The molecule has 0 spiro atoms. The van der Waals surface area contributed by atoms with Gasteiger partial charge in [-0.2, -0.15) is 17.6 Å². The summed E-state index contributed by atoms with van der Waals surface area (Å²) in [7, 11) is 0.956. The summed E-state index contributed by atoms with van der Waals surface area (Å²) in [5.41, 5.74) is -1.28. The Labute approximate surface area is 76.1 Å². The Morgan fingerprint density at radius 1 is 1.14 bits per heavy atom. The van der Waals surface area contributed by atoms with Crippen molar-refractivity contribution in [1.29, 1.82) is 0 Å². The van der Waals surface area contributed by atoms with Crippen LogP contribution in [0, 0.1) is 11.6 Å². The molecule has 0 aromatic heterocycles. The summed E-state index contributed by atoms with van der Waals surface area (Å²) in [5.74, 6) is -3.78. The van der Waals surface area contributed by atoms with Gasteiger partial charge in [-0.15, -0.1) is 0 Å². The van der Waals surface area contributed by atoms with E-state index in [0.717, 1.165) is 7.11 Å². The summed E-state index contributed by atoms with van der Waals surface area (Å²) in [6.07, 6.45) is -4.72. The first kappa shape index (κ1) is 10.7. The van der Waals surface area contributed by atoms with Gasteiger partial charge >= 0.3 is 6.18 Å². The monoisotopic (exact) mass is 212 g/mol. The zero-order chi connectivity index (χ0) is 10.9. The first-order valence-electron chi connectivity index (χ1n) is 3.46. The molecule has 0 fully saturated rings. The summed E-state index contributed by atoms with van der Waals surface area (Å²) >= 11 is 0. The van der Waals surface area contributed by atoms with Crippen LogP contribution in [-0.2, 0) is 6.18 Å². The molecule has 0 heterocycles. The van der Waals surface area contributed by atoms with Gasteiger partial charge in [-0.3, -0.25) is 0 Å². The Morgan fingerprint density at radius 3 is 2.14 bits per heavy atom. The van der Waals surface area contributed by atoms with Gasteiger partial charge in [0.05, 0.1) is 12.7 Å². The smallest absolute Gasteiger partial charge is 0.416 e. The van der Waals surface area contributed by atoms with Gasteiger partial charge < -0.3 is 4.74 Å². The molecule has 1 aromatic rings. The third kappa shape index (κ3) is 1.94. The average molecular weight is 212 g/mol. The summed E-state index contributed by atoms with van der Waals surface area (Å²) < 4.78 is 65.8. The number of hydrogen-bond donors (Lipinski definition) is 0. The molecule has 0 amide bonds. The topological polar surface area (TPSA) is 9.23 Å². The van der Waals surface area contributed by atoms with E-state index in [1.54, 1.807) is 0 Å². The lowest BCUT2D eigenvalue weighted by atomic mass is 10.2. The molecule has 1 nitrogen and oxygen atoms in total. The number of rotatable bonds is 1. The highest BCUT2D eigenvalue weighted by Gasteiger charge is 2.32. The molecule has 1 aromatic carbocycles. The van der Waals surface area contributed by atoms with E-state index in [1.807, 2.05) is 0 Å². The summed E-state index contributed by atoms with van der Waals surface area (Å²) in [4.78, 5) is 0. The minimum absolute atomic E-state index is 0.0812. The molecule has 0 saturated heterocycles. The third-order valence-electron chi connectivity index (χ3n) is 1.54. The van der Waals surface area contributed by atoms with Gasteiger partial charge in [0.2, 0.25) is 5.82 Å². The van der Waals surface area contributed by atoms with Crippen LogP contribution in [0.15, 0.2) is 12.1 Å². The zero-order valence-electron chi connectivity index (χ0n) is 6.95. The van der Waals surface area contributed by atoms with Crippen molar-refractivity contribution in [3.8, 4) is 5.75 Å². The van der Waals surface area contributed by atoms with Gasteiger partial charge in [0.15, 0.2) is 11.6 Å². The van der Waals surface area contributed by atoms with Crippen LogP contribution in [0.25, 0.3) is 0 Å². The van der Waals surface area contributed by atoms with Crippen LogP contribution in [0.3, 0.4) is 0 Å². The van der Waals surface area contributed by atoms with Crippen molar-refractivity contribution in [3.05, 3.63) is 29.3 Å². The van der Waals surface area contributed by atoms with Crippen LogP contribution in [0.2, 0.25) is 0 Å². The van der Waals surface area contributed by atoms with Crippen molar-refractivity contribution >= 4 is 0 Å². The molecule has 0 atom stereocenters. The van der Waals surface area contributed by atoms with E-state index in [-0.39, 0.29) is 6.07 Å². The Kier molecular flexibility index (Phi) is 2.64. The van der Waals surface area contributed by atoms with Crippen molar-refractivity contribution in [1.82, 2.24) is 0 Å². The fourth-order valence-corrected chi connectivity index (χ4v) is 0.876. The second-order valence-electron chi connectivity index (χ2n) is 2.47. The molecule has 1 rings (SSSR count). The minimum atomic E-state index is -4.72. The predicted octanol–water partition coefficient (Wildman–Crippen LogP) is 2.99. The van der Waals surface area contributed by atoms with Crippen molar-refractivity contribution in [2.75, 3.05) is 7.11 Å². The van der Waals surface area contributed by atoms with Crippen LogP contribution < -0.4 is 4.74 Å². The first-order chi connectivity index (χ1) is 6.36. The standard InChI is InChI=1S/C8H5F5O/c1-14-6-3-4(8(11,12)13)2-5(9)7(6)10/h2-3H,1H3. The lowest BCUT2D eigenvalue weighted by Crippen LogP contribution is -2.07. The molecule has 6 heteroatoms. The second-order valence-corrected chi connectivity index (χ2v) is 2.47. The fraction of sp³-hybridized carbons (Fsp3) is 0.250. The SMILES string of the molecule is COc1cc(C(F)(F)F)cc(F)c1F. The molecule has 14 heavy (non-hydrogen) atoms. The van der Waals surface area contributed by atoms with Crippen LogP contribution in [0.1, 0.15) is 5.56 Å². The normalized spacial score (nSPS) is 11.6. The summed E-state index contributed by atoms with van der Waals surface area (Å²) in [5, 5.41) is 0. The van der Waals surface area contributed by atoms with E-state index in [1.165, 1.54) is 0 Å². The minimum Gasteiger partial charge on any atom is -0.494 e. The number of methoxy groups -OCH3 is 1. The number of alkyl halides is 3. The number of benzene rings is 1. The largest absolute Gasteiger partial charge is 0.494 e. The number of ether oxygens (including phenoxy) is 1. The molecular formula is C8H5F5O. The Hall–Kier alpha value is -1.33. The highest BCUT2D eigenvalue weighted by Crippen LogP contribution is 2.33. The quantitative estimate of drug-likeness (QED) is 0.650. The molecule has 0 bridgehead atoms. The van der Waals surface area contributed by atoms with Crippen LogP contribution in [-0.4, -0.2) is 7.11 Å². The predicted molar refractivity (Wildman–Crippen MR) is 37.9 cm³/mol. The molecule has 78 valence electrons. The van der Waals surface area contributed by atoms with Gasteiger partial charge in [0, 0.05) is 0 Å². The zero-order valence-corrected chi connectivity index (χ0v) is 6.95. The number of hydrogen-bond acceptors (Lipinski definition) is 1. The molecule has 0 saturated carbocycles. The van der Waals surface area contributed by atoms with Gasteiger partial charge in [0.25, 0.3) is 0 Å². The highest BCUT2D eigenvalue weighted by molar-refractivity contribution is 5.32. The second kappa shape index (κ2) is 3.43. The van der Waals surface area contributed by atoms with E-state index in [2.05, 4.69) is 4.74 Å². The lowest BCUT2D eigenvalue weighted by molar-refractivity contribution is -0.137. The van der Waals surface area contributed by atoms with E-state index >= 15 is 0 Å². The van der Waals surface area contributed by atoms with Gasteiger partial charge in [0.1, 0.15) is 0 Å². The Balaban J connectivity index is 3.30. The van der Waals surface area contributed by atoms with Crippen molar-refractivity contribution in [2.45, 2.75) is 6.18 Å². The Bertz CT molecular complexity index is 344. The van der Waals surface area contributed by atoms with Crippen LogP contribution in [0.5, 0.6) is 5.75 Å². The van der Waals surface area contributed by atoms with Crippen molar-refractivity contribution in [3.63, 3.8) is 0 Å². The third-order valence-corrected chi connectivity index (χ3v) is 1.54. The van der Waals surface area contributed by atoms with E-state index < -0.39 is 29.1 Å². The average Bonchev–Trinajstić information content (AvgIpc) is 2.07. The van der Waals surface area contributed by atoms with E-state index in [9.17, 15) is 22.0 Å². The summed E-state index contributed by atoms with van der Waals surface area (Å²) in [6.45, 7) is 0. The van der Waals surface area contributed by atoms with Crippen LogP contribution in [0.4, 0.5) is 22.0 Å². The van der Waals surface area contributed by atoms with E-state index in [4.69, 9.17) is 0 Å². The van der Waals surface area contributed by atoms with Gasteiger partial charge in [-0.05, 0) is 12.1 Å². The maximum Gasteiger partial charge on any atom is 0.416 e. The van der Waals surface area contributed by atoms with Gasteiger partial charge in [-0.25, -0.2) is 4.39 Å². The van der Waals surface area contributed by atoms with Crippen LogP contribution >= 0.6 is 0 Å². The number of halogens is 5. The first-order valence-corrected chi connectivity index (χ1v) is 3.46. The van der Waals surface area contributed by atoms with E-state index in [0.29, 0.717) is 6.07 Å². The highest BCUT2D eigenvalue weighted by atomic mass is 19.4. The molecule has 0 aliphatic rings. The molecule has 0 unspecified atom stereocenters. The molecule has 0 aliphatic heterocycles. The maximum atomic E-state index is 12.7. The molecule has 0 aliphatic carbocycles. The van der Waals surface area contributed by atoms with Gasteiger partial charge in [-0.1, -0.05) is 0 Å². The summed E-state index contributed by atoms with van der Waals surface area (Å²) in [6, 6.07) is 0.482. The maximum absolute atomic E-state index is 12.7. The fourth-order valence-electron chi connectivity index (χ4n) is 0.876. The molecule has 0 radical (unpaired) electrons.